The van der Waals surface area contributed by atoms with Crippen LogP contribution in [-0.2, 0) is 24.4 Å². The van der Waals surface area contributed by atoms with Crippen LogP contribution in [0.15, 0.2) is 70.5 Å². The van der Waals surface area contributed by atoms with Crippen LogP contribution in [0.2, 0.25) is 0 Å². The predicted molar refractivity (Wildman–Crippen MR) is 133 cm³/mol. The van der Waals surface area contributed by atoms with Crippen molar-refractivity contribution >= 4 is 17.1 Å². The second-order valence-electron chi connectivity index (χ2n) is 8.72. The van der Waals surface area contributed by atoms with Crippen LogP contribution < -0.4 is 20.7 Å². The molecule has 0 aliphatic carbocycles. The summed E-state index contributed by atoms with van der Waals surface area (Å²) in [6, 6.07) is 16.8. The van der Waals surface area contributed by atoms with Gasteiger partial charge in [-0.1, -0.05) is 42.5 Å². The lowest BCUT2D eigenvalue weighted by atomic mass is 10.2. The number of imidazole rings is 1. The largest absolute Gasteiger partial charge is 0.486 e. The number of ether oxygens (including phenoxy) is 2. The van der Waals surface area contributed by atoms with E-state index in [4.69, 9.17) is 9.47 Å². The van der Waals surface area contributed by atoms with Gasteiger partial charge in [0.05, 0.1) is 19.4 Å². The van der Waals surface area contributed by atoms with E-state index in [9.17, 15) is 14.4 Å². The van der Waals surface area contributed by atoms with Crippen molar-refractivity contribution in [2.45, 2.75) is 32.7 Å². The molecule has 1 aliphatic rings. The van der Waals surface area contributed by atoms with Gasteiger partial charge in [-0.2, -0.15) is 0 Å². The molecule has 2 aromatic heterocycles. The maximum atomic E-state index is 13.5. The van der Waals surface area contributed by atoms with Crippen molar-refractivity contribution < 1.29 is 14.3 Å². The summed E-state index contributed by atoms with van der Waals surface area (Å²) in [4.78, 5) is 45.7. The minimum Gasteiger partial charge on any atom is -0.486 e. The predicted octanol–water partition coefficient (Wildman–Crippen LogP) is 1.73. The Morgan fingerprint density at radius 1 is 1.06 bits per heavy atom. The third-order valence-corrected chi connectivity index (χ3v) is 6.27. The van der Waals surface area contributed by atoms with Crippen molar-refractivity contribution in [2.75, 3.05) is 20.2 Å². The highest BCUT2D eigenvalue weighted by Crippen LogP contribution is 2.30. The second-order valence-corrected chi connectivity index (χ2v) is 8.72. The standard InChI is InChI=1S/C26H27N5O5/c1-3-29-17-27-24-23(29)25(33)31(26(34)30(24)13-18-9-5-4-6-10-18)15-22(32)28(2)14-19-16-35-20-11-7-8-12-21(20)36-19/h4-12,17,19H,3,13-16H2,1-2H3/t19-/m0/s1. The summed E-state index contributed by atoms with van der Waals surface area (Å²) in [5.41, 5.74) is 0.371. The molecule has 186 valence electrons. The lowest BCUT2D eigenvalue weighted by Crippen LogP contribution is -2.47. The topological polar surface area (TPSA) is 101 Å². The number of nitrogens with zero attached hydrogens (tertiary/aromatic N) is 5. The first-order valence-electron chi connectivity index (χ1n) is 11.8. The van der Waals surface area contributed by atoms with Crippen LogP contribution in [0, 0.1) is 0 Å². The highest BCUT2D eigenvalue weighted by molar-refractivity contribution is 5.76. The zero-order chi connectivity index (χ0) is 25.2. The van der Waals surface area contributed by atoms with Gasteiger partial charge in [-0.05, 0) is 24.6 Å². The summed E-state index contributed by atoms with van der Waals surface area (Å²) in [5.74, 6) is 0.895. The van der Waals surface area contributed by atoms with Gasteiger partial charge in [0.25, 0.3) is 5.56 Å². The molecule has 36 heavy (non-hydrogen) atoms. The number of para-hydroxylation sites is 2. The molecule has 1 amide bonds. The average molecular weight is 490 g/mol. The highest BCUT2D eigenvalue weighted by Gasteiger charge is 2.25. The maximum Gasteiger partial charge on any atom is 0.333 e. The van der Waals surface area contributed by atoms with Gasteiger partial charge in [-0.15, -0.1) is 0 Å². The van der Waals surface area contributed by atoms with Crippen molar-refractivity contribution in [3.05, 3.63) is 87.3 Å². The molecule has 1 atom stereocenters. The monoisotopic (exact) mass is 489 g/mol. The lowest BCUT2D eigenvalue weighted by Gasteiger charge is -2.29. The third-order valence-electron chi connectivity index (χ3n) is 6.27. The van der Waals surface area contributed by atoms with Crippen LogP contribution in [-0.4, -0.2) is 55.8 Å². The Hall–Kier alpha value is -4.34. The molecule has 0 fully saturated rings. The summed E-state index contributed by atoms with van der Waals surface area (Å²) < 4.78 is 15.8. The number of hydrogen-bond donors (Lipinski definition) is 0. The first-order valence-corrected chi connectivity index (χ1v) is 11.8. The second kappa shape index (κ2) is 9.73. The fourth-order valence-electron chi connectivity index (χ4n) is 4.34. The molecule has 0 unspecified atom stereocenters. The lowest BCUT2D eigenvalue weighted by molar-refractivity contribution is -0.132. The number of carbonyl (C=O) groups is 1. The van der Waals surface area contributed by atoms with E-state index >= 15 is 0 Å². The first kappa shape index (κ1) is 23.4. The zero-order valence-electron chi connectivity index (χ0n) is 20.2. The van der Waals surface area contributed by atoms with Gasteiger partial charge in [-0.25, -0.2) is 14.3 Å². The van der Waals surface area contributed by atoms with E-state index in [0.717, 1.165) is 10.1 Å². The molecule has 0 saturated carbocycles. The Morgan fingerprint density at radius 2 is 1.78 bits per heavy atom. The molecular formula is C26H27N5O5. The Labute approximate surface area is 206 Å². The van der Waals surface area contributed by atoms with Gasteiger partial charge in [0.1, 0.15) is 13.2 Å². The molecular weight excluding hydrogens is 462 g/mol. The third kappa shape index (κ3) is 4.37. The Morgan fingerprint density at radius 3 is 2.53 bits per heavy atom. The smallest absolute Gasteiger partial charge is 0.333 e. The molecule has 0 bridgehead atoms. The fraction of sp³-hybridized carbons (Fsp3) is 0.308. The van der Waals surface area contributed by atoms with E-state index in [1.54, 1.807) is 17.9 Å². The zero-order valence-corrected chi connectivity index (χ0v) is 20.2. The quantitative estimate of drug-likeness (QED) is 0.392. The number of carbonyl (C=O) groups excluding carboxylic acids is 1. The molecule has 0 saturated heterocycles. The first-order chi connectivity index (χ1) is 17.5. The van der Waals surface area contributed by atoms with E-state index in [-0.39, 0.29) is 25.1 Å². The Kier molecular flexibility index (Phi) is 6.32. The number of aryl methyl sites for hydroxylation is 1. The number of amides is 1. The summed E-state index contributed by atoms with van der Waals surface area (Å²) >= 11 is 0. The molecule has 3 heterocycles. The van der Waals surface area contributed by atoms with E-state index in [0.29, 0.717) is 35.8 Å². The SMILES string of the molecule is CCn1cnc2c1c(=O)n(CC(=O)N(C)C[C@H]1COc3ccccc3O1)c(=O)n2Cc1ccccc1. The molecule has 1 aliphatic heterocycles. The highest BCUT2D eigenvalue weighted by atomic mass is 16.6. The molecule has 5 rings (SSSR count). The van der Waals surface area contributed by atoms with Crippen LogP contribution in [0.4, 0.5) is 0 Å². The summed E-state index contributed by atoms with van der Waals surface area (Å²) in [7, 11) is 1.62. The van der Waals surface area contributed by atoms with Crippen molar-refractivity contribution in [3.63, 3.8) is 0 Å². The maximum absolute atomic E-state index is 13.5. The molecule has 0 radical (unpaired) electrons. The van der Waals surface area contributed by atoms with Gasteiger partial charge < -0.3 is 18.9 Å². The van der Waals surface area contributed by atoms with Gasteiger partial charge >= 0.3 is 5.69 Å². The average Bonchev–Trinajstić information content (AvgIpc) is 3.34. The van der Waals surface area contributed by atoms with Crippen molar-refractivity contribution in [3.8, 4) is 11.5 Å². The minimum atomic E-state index is -0.578. The van der Waals surface area contributed by atoms with Gasteiger partial charge in [-0.3, -0.25) is 14.2 Å². The molecule has 2 aromatic carbocycles. The minimum absolute atomic E-state index is 0.230. The summed E-state index contributed by atoms with van der Waals surface area (Å²) in [6.45, 7) is 2.77. The number of likely N-dealkylation sites (N-methyl/N-ethyl adjacent to an activating group) is 1. The van der Waals surface area contributed by atoms with E-state index in [1.807, 2.05) is 61.5 Å². The van der Waals surface area contributed by atoms with Gasteiger partial charge in [0.2, 0.25) is 5.91 Å². The van der Waals surface area contributed by atoms with Crippen LogP contribution in [0.25, 0.3) is 11.2 Å². The van der Waals surface area contributed by atoms with Crippen LogP contribution in [0.1, 0.15) is 12.5 Å². The normalized spacial score (nSPS) is 14.7. The van der Waals surface area contributed by atoms with Crippen LogP contribution >= 0.6 is 0 Å². The number of aromatic nitrogens is 4. The molecule has 0 spiro atoms. The summed E-state index contributed by atoms with van der Waals surface area (Å²) in [6.07, 6.45) is 1.17. The molecule has 10 heteroatoms. The summed E-state index contributed by atoms with van der Waals surface area (Å²) in [5, 5.41) is 0. The number of rotatable bonds is 7. The van der Waals surface area contributed by atoms with Crippen molar-refractivity contribution in [1.29, 1.82) is 0 Å². The van der Waals surface area contributed by atoms with E-state index in [2.05, 4.69) is 4.98 Å². The fourth-order valence-corrected chi connectivity index (χ4v) is 4.34. The van der Waals surface area contributed by atoms with Crippen LogP contribution in [0.3, 0.4) is 0 Å². The Balaban J connectivity index is 1.42. The number of hydrogen-bond acceptors (Lipinski definition) is 6. The van der Waals surface area contributed by atoms with E-state index in [1.165, 1.54) is 9.47 Å². The van der Waals surface area contributed by atoms with E-state index < -0.39 is 17.8 Å². The number of benzene rings is 2. The van der Waals surface area contributed by atoms with Gasteiger partial charge in [0, 0.05) is 13.6 Å². The van der Waals surface area contributed by atoms with Crippen molar-refractivity contribution in [2.24, 2.45) is 0 Å². The molecule has 10 nitrogen and oxygen atoms in total. The Bertz CT molecular complexity index is 1520. The van der Waals surface area contributed by atoms with Crippen molar-refractivity contribution in [1.82, 2.24) is 23.6 Å². The van der Waals surface area contributed by atoms with Gasteiger partial charge in [0.15, 0.2) is 28.8 Å². The van der Waals surface area contributed by atoms with Crippen LogP contribution in [0.5, 0.6) is 11.5 Å². The molecule has 4 aromatic rings. The molecule has 0 N–H and O–H groups in total. The number of fused-ring (bicyclic) bond motifs is 2.